The van der Waals surface area contributed by atoms with Crippen LogP contribution in [0.3, 0.4) is 0 Å². The zero-order valence-corrected chi connectivity index (χ0v) is 10.5. The second kappa shape index (κ2) is 5.68. The monoisotopic (exact) mass is 278 g/mol. The van der Waals surface area contributed by atoms with Gasteiger partial charge in [-0.25, -0.2) is 8.78 Å². The fraction of sp³-hybridized carbons (Fsp3) is 0.0714. The maximum atomic E-state index is 13.7. The summed E-state index contributed by atoms with van der Waals surface area (Å²) in [6, 6.07) is 10.5. The lowest BCUT2D eigenvalue weighted by Gasteiger charge is -2.14. The summed E-state index contributed by atoms with van der Waals surface area (Å²) in [4.78, 5) is 0. The van der Waals surface area contributed by atoms with Crippen LogP contribution in [0.4, 0.5) is 14.5 Å². The molecule has 2 aromatic rings. The van der Waals surface area contributed by atoms with Crippen molar-refractivity contribution in [3.05, 3.63) is 64.7 Å². The highest BCUT2D eigenvalue weighted by Crippen LogP contribution is 2.24. The molecule has 0 amide bonds. The average molecular weight is 279 g/mol. The maximum Gasteiger partial charge on any atom is 0.143 e. The van der Waals surface area contributed by atoms with Crippen molar-refractivity contribution < 1.29 is 8.78 Å². The Morgan fingerprint density at radius 2 is 1.79 bits per heavy atom. The van der Waals surface area contributed by atoms with E-state index in [1.165, 1.54) is 42.5 Å². The number of benzene rings is 2. The summed E-state index contributed by atoms with van der Waals surface area (Å²) in [5.41, 5.74) is 0.673. The van der Waals surface area contributed by atoms with Gasteiger partial charge in [0.2, 0.25) is 0 Å². The van der Waals surface area contributed by atoms with Crippen LogP contribution < -0.4 is 5.32 Å². The second-order valence-corrected chi connectivity index (χ2v) is 4.32. The van der Waals surface area contributed by atoms with Crippen LogP contribution in [-0.2, 0) is 0 Å². The molecule has 0 saturated carbocycles. The minimum Gasteiger partial charge on any atom is -0.366 e. The Labute approximate surface area is 114 Å². The van der Waals surface area contributed by atoms with Crippen molar-refractivity contribution in [1.29, 1.82) is 5.26 Å². The summed E-state index contributed by atoms with van der Waals surface area (Å²) in [6.07, 6.45) is 0. The maximum absolute atomic E-state index is 13.7. The van der Waals surface area contributed by atoms with Gasteiger partial charge in [0.25, 0.3) is 0 Å². The molecule has 0 saturated heterocycles. The van der Waals surface area contributed by atoms with E-state index in [1.54, 1.807) is 0 Å². The van der Waals surface area contributed by atoms with Gasteiger partial charge >= 0.3 is 0 Å². The number of nitrogens with one attached hydrogen (secondary N) is 1. The van der Waals surface area contributed by atoms with Crippen LogP contribution in [0, 0.1) is 23.0 Å². The van der Waals surface area contributed by atoms with Crippen molar-refractivity contribution in [3.63, 3.8) is 0 Å². The van der Waals surface area contributed by atoms with Crippen LogP contribution in [0.25, 0.3) is 0 Å². The summed E-state index contributed by atoms with van der Waals surface area (Å²) in [5.74, 6) is -0.904. The number of anilines is 1. The summed E-state index contributed by atoms with van der Waals surface area (Å²) < 4.78 is 26.4. The molecule has 0 aliphatic rings. The van der Waals surface area contributed by atoms with Crippen molar-refractivity contribution in [2.45, 2.75) is 6.04 Å². The molecule has 2 nitrogen and oxygen atoms in total. The molecular formula is C14H9ClF2N2. The average Bonchev–Trinajstić information content (AvgIpc) is 2.41. The standard InChI is InChI=1S/C14H9ClF2N2/c15-9-1-6-13(17)12(7-9)14(8-18)19-11-4-2-10(16)3-5-11/h1-7,14,19H. The minimum absolute atomic E-state index is 0.152. The van der Waals surface area contributed by atoms with E-state index < -0.39 is 11.9 Å². The van der Waals surface area contributed by atoms with E-state index in [-0.39, 0.29) is 11.4 Å². The highest BCUT2D eigenvalue weighted by Gasteiger charge is 2.15. The number of nitrogens with zero attached hydrogens (tertiary/aromatic N) is 1. The third kappa shape index (κ3) is 3.21. The Bertz CT molecular complexity index is 620. The molecule has 0 fully saturated rings. The first-order chi connectivity index (χ1) is 9.10. The van der Waals surface area contributed by atoms with E-state index in [2.05, 4.69) is 5.32 Å². The Kier molecular flexibility index (Phi) is 3.98. The smallest absolute Gasteiger partial charge is 0.143 e. The lowest BCUT2D eigenvalue weighted by Crippen LogP contribution is -2.10. The molecule has 0 radical (unpaired) electrons. The van der Waals surface area contributed by atoms with E-state index in [4.69, 9.17) is 16.9 Å². The first-order valence-corrected chi connectivity index (χ1v) is 5.84. The van der Waals surface area contributed by atoms with Crippen molar-refractivity contribution in [3.8, 4) is 6.07 Å². The molecule has 1 atom stereocenters. The Balaban J connectivity index is 2.28. The molecule has 1 unspecified atom stereocenters. The number of hydrogen-bond acceptors (Lipinski definition) is 2. The molecule has 0 heterocycles. The summed E-state index contributed by atoms with van der Waals surface area (Å²) >= 11 is 5.79. The van der Waals surface area contributed by atoms with Crippen LogP contribution in [-0.4, -0.2) is 0 Å². The summed E-state index contributed by atoms with van der Waals surface area (Å²) in [5, 5.41) is 12.3. The molecule has 2 aromatic carbocycles. The van der Waals surface area contributed by atoms with Crippen molar-refractivity contribution in [1.82, 2.24) is 0 Å². The molecule has 0 aliphatic heterocycles. The largest absolute Gasteiger partial charge is 0.366 e. The third-order valence-corrected chi connectivity index (χ3v) is 2.79. The molecule has 0 spiro atoms. The highest BCUT2D eigenvalue weighted by molar-refractivity contribution is 6.30. The van der Waals surface area contributed by atoms with Crippen LogP contribution in [0.15, 0.2) is 42.5 Å². The van der Waals surface area contributed by atoms with Gasteiger partial charge < -0.3 is 5.32 Å². The highest BCUT2D eigenvalue weighted by atomic mass is 35.5. The van der Waals surface area contributed by atoms with Gasteiger partial charge in [-0.05, 0) is 42.5 Å². The van der Waals surface area contributed by atoms with Crippen LogP contribution in [0.5, 0.6) is 0 Å². The van der Waals surface area contributed by atoms with E-state index >= 15 is 0 Å². The predicted octanol–water partition coefficient (Wildman–Crippen LogP) is 4.29. The van der Waals surface area contributed by atoms with E-state index in [0.717, 1.165) is 0 Å². The molecule has 0 aromatic heterocycles. The van der Waals surface area contributed by atoms with E-state index in [1.807, 2.05) is 6.07 Å². The fourth-order valence-electron chi connectivity index (χ4n) is 1.63. The lowest BCUT2D eigenvalue weighted by molar-refractivity contribution is 0.607. The quantitative estimate of drug-likeness (QED) is 0.909. The van der Waals surface area contributed by atoms with Gasteiger partial charge in [0.15, 0.2) is 0 Å². The predicted molar refractivity (Wildman–Crippen MR) is 69.8 cm³/mol. The molecular weight excluding hydrogens is 270 g/mol. The Morgan fingerprint density at radius 1 is 1.11 bits per heavy atom. The van der Waals surface area contributed by atoms with Gasteiger partial charge in [-0.3, -0.25) is 0 Å². The van der Waals surface area contributed by atoms with Crippen LogP contribution in [0.1, 0.15) is 11.6 Å². The molecule has 0 aliphatic carbocycles. The van der Waals surface area contributed by atoms with Crippen molar-refractivity contribution >= 4 is 17.3 Å². The first-order valence-electron chi connectivity index (χ1n) is 5.47. The number of hydrogen-bond donors (Lipinski definition) is 1. The zero-order chi connectivity index (χ0) is 13.8. The van der Waals surface area contributed by atoms with Gasteiger partial charge in [-0.15, -0.1) is 0 Å². The van der Waals surface area contributed by atoms with Gasteiger partial charge in [0.05, 0.1) is 6.07 Å². The fourth-order valence-corrected chi connectivity index (χ4v) is 1.81. The first kappa shape index (κ1) is 13.3. The third-order valence-electron chi connectivity index (χ3n) is 2.55. The number of rotatable bonds is 3. The summed E-state index contributed by atoms with van der Waals surface area (Å²) in [6.45, 7) is 0. The Hall–Kier alpha value is -2.12. The van der Waals surface area contributed by atoms with Gasteiger partial charge in [0.1, 0.15) is 17.7 Å². The van der Waals surface area contributed by atoms with Crippen LogP contribution in [0.2, 0.25) is 5.02 Å². The number of nitriles is 1. The minimum atomic E-state index is -0.899. The molecule has 5 heteroatoms. The topological polar surface area (TPSA) is 35.8 Å². The normalized spacial score (nSPS) is 11.7. The van der Waals surface area contributed by atoms with Crippen molar-refractivity contribution in [2.75, 3.05) is 5.32 Å². The molecule has 0 bridgehead atoms. The van der Waals surface area contributed by atoms with E-state index in [9.17, 15) is 8.78 Å². The molecule has 2 rings (SSSR count). The van der Waals surface area contributed by atoms with Crippen LogP contribution >= 0.6 is 11.6 Å². The number of halogens is 3. The van der Waals surface area contributed by atoms with Gasteiger partial charge in [-0.1, -0.05) is 11.6 Å². The Morgan fingerprint density at radius 3 is 2.42 bits per heavy atom. The van der Waals surface area contributed by atoms with Crippen molar-refractivity contribution in [2.24, 2.45) is 0 Å². The molecule has 19 heavy (non-hydrogen) atoms. The zero-order valence-electron chi connectivity index (χ0n) is 9.70. The second-order valence-electron chi connectivity index (χ2n) is 3.88. The SMILES string of the molecule is N#CC(Nc1ccc(F)cc1)c1cc(Cl)ccc1F. The molecule has 1 N–H and O–H groups in total. The molecule has 96 valence electrons. The van der Waals surface area contributed by atoms with Gasteiger partial charge in [0, 0.05) is 16.3 Å². The summed E-state index contributed by atoms with van der Waals surface area (Å²) in [7, 11) is 0. The lowest BCUT2D eigenvalue weighted by atomic mass is 10.1. The van der Waals surface area contributed by atoms with E-state index in [0.29, 0.717) is 10.7 Å². The van der Waals surface area contributed by atoms with Gasteiger partial charge in [-0.2, -0.15) is 5.26 Å².